The number of aromatic hydroxyl groups is 3. The van der Waals surface area contributed by atoms with Gasteiger partial charge in [0.2, 0.25) is 5.75 Å². The van der Waals surface area contributed by atoms with E-state index in [0.717, 1.165) is 0 Å². The van der Waals surface area contributed by atoms with E-state index >= 15 is 0 Å². The Labute approximate surface area is 91.8 Å². The number of aldehydes is 1. The van der Waals surface area contributed by atoms with Crippen LogP contribution >= 0.6 is 0 Å². The van der Waals surface area contributed by atoms with Crippen molar-refractivity contribution in [3.05, 3.63) is 17.2 Å². The lowest BCUT2D eigenvalue weighted by atomic mass is 10.1. The average Bonchev–Trinajstić information content (AvgIpc) is 2.29. The highest BCUT2D eigenvalue weighted by Gasteiger charge is 2.15. The summed E-state index contributed by atoms with van der Waals surface area (Å²) in [5, 5.41) is 39.4. The molecule has 0 saturated heterocycles. The van der Waals surface area contributed by atoms with Crippen molar-refractivity contribution in [1.29, 1.82) is 0 Å². The Hall–Kier alpha value is -1.79. The summed E-state index contributed by atoms with van der Waals surface area (Å²) >= 11 is 0. The molecule has 0 unspecified atom stereocenters. The van der Waals surface area contributed by atoms with E-state index in [0.29, 0.717) is 12.8 Å². The number of hydrogen-bond acceptors (Lipinski definition) is 6. The summed E-state index contributed by atoms with van der Waals surface area (Å²) in [5.74, 6) is -1.84. The molecule has 0 aliphatic carbocycles. The van der Waals surface area contributed by atoms with Gasteiger partial charge in [-0.15, -0.1) is 0 Å². The van der Waals surface area contributed by atoms with Gasteiger partial charge in [-0.3, -0.25) is 4.79 Å². The highest BCUT2D eigenvalue weighted by Crippen LogP contribution is 2.39. The molecular weight excluding hydrogens is 214 g/mol. The Bertz CT molecular complexity index is 391. The summed E-state index contributed by atoms with van der Waals surface area (Å²) < 4.78 is 0. The van der Waals surface area contributed by atoms with Gasteiger partial charge in [0.05, 0.1) is 12.2 Å². The minimum atomic E-state index is -0.717. The Balaban J connectivity index is 3.00. The molecule has 1 aromatic rings. The van der Waals surface area contributed by atoms with Crippen molar-refractivity contribution in [1.82, 2.24) is 5.32 Å². The molecule has 0 radical (unpaired) electrons. The maximum atomic E-state index is 10.6. The number of nitrogens with one attached hydrogen (secondary N) is 1. The third-order valence-corrected chi connectivity index (χ3v) is 2.09. The van der Waals surface area contributed by atoms with Gasteiger partial charge in [0.15, 0.2) is 17.8 Å². The van der Waals surface area contributed by atoms with Gasteiger partial charge in [-0.2, -0.15) is 0 Å². The first-order valence-electron chi connectivity index (χ1n) is 4.65. The molecule has 0 fully saturated rings. The van der Waals surface area contributed by atoms with Crippen molar-refractivity contribution in [2.45, 2.75) is 6.54 Å². The van der Waals surface area contributed by atoms with Crippen molar-refractivity contribution in [3.8, 4) is 17.2 Å². The van der Waals surface area contributed by atoms with Crippen molar-refractivity contribution in [3.63, 3.8) is 0 Å². The van der Waals surface area contributed by atoms with E-state index in [1.54, 1.807) is 0 Å². The topological polar surface area (TPSA) is 110 Å². The number of phenols is 3. The molecule has 0 spiro atoms. The van der Waals surface area contributed by atoms with Gasteiger partial charge in [-0.25, -0.2) is 0 Å². The third kappa shape index (κ3) is 2.41. The molecule has 0 amide bonds. The Morgan fingerprint density at radius 1 is 1.19 bits per heavy atom. The molecule has 0 aliphatic rings. The molecular formula is C10H13NO5. The highest BCUT2D eigenvalue weighted by atomic mass is 16.3. The lowest BCUT2D eigenvalue weighted by Crippen LogP contribution is -2.17. The molecule has 5 N–H and O–H groups in total. The number of hydrogen-bond donors (Lipinski definition) is 5. The van der Waals surface area contributed by atoms with Crippen molar-refractivity contribution in [2.75, 3.05) is 13.2 Å². The fourth-order valence-electron chi connectivity index (χ4n) is 1.25. The molecule has 88 valence electrons. The molecule has 6 nitrogen and oxygen atoms in total. The van der Waals surface area contributed by atoms with Gasteiger partial charge in [0.1, 0.15) is 0 Å². The summed E-state index contributed by atoms with van der Waals surface area (Å²) in [6.07, 6.45) is 0.379. The fraction of sp³-hybridized carbons (Fsp3) is 0.300. The van der Waals surface area contributed by atoms with Crippen molar-refractivity contribution in [2.24, 2.45) is 0 Å². The van der Waals surface area contributed by atoms with E-state index in [9.17, 15) is 20.1 Å². The minimum Gasteiger partial charge on any atom is -0.504 e. The van der Waals surface area contributed by atoms with Crippen LogP contribution in [0, 0.1) is 0 Å². The summed E-state index contributed by atoms with van der Waals surface area (Å²) in [5.41, 5.74) is 0.168. The number of carbonyl (C=O) groups is 1. The number of aliphatic hydroxyl groups is 1. The largest absolute Gasteiger partial charge is 0.504 e. The molecule has 0 atom stereocenters. The molecule has 16 heavy (non-hydrogen) atoms. The Kier molecular flexibility index (Phi) is 4.10. The van der Waals surface area contributed by atoms with Crippen LogP contribution in [0.1, 0.15) is 15.9 Å². The number of benzene rings is 1. The summed E-state index contributed by atoms with van der Waals surface area (Å²) in [6.45, 7) is 0.421. The van der Waals surface area contributed by atoms with Gasteiger partial charge >= 0.3 is 0 Å². The second-order valence-corrected chi connectivity index (χ2v) is 3.19. The van der Waals surface area contributed by atoms with Crippen LogP contribution in [-0.2, 0) is 6.54 Å². The van der Waals surface area contributed by atoms with E-state index < -0.39 is 17.2 Å². The predicted octanol–water partition coefficient (Wildman–Crippen LogP) is -0.302. The molecule has 0 aliphatic heterocycles. The first kappa shape index (κ1) is 12.3. The number of phenolic OH excluding ortho intramolecular Hbond substituents is 3. The van der Waals surface area contributed by atoms with Crippen LogP contribution in [0.15, 0.2) is 6.07 Å². The average molecular weight is 227 g/mol. The number of aliphatic hydroxyl groups excluding tert-OH is 1. The molecule has 0 aromatic heterocycles. The normalized spacial score (nSPS) is 10.3. The second-order valence-electron chi connectivity index (χ2n) is 3.19. The fourth-order valence-corrected chi connectivity index (χ4v) is 1.25. The van der Waals surface area contributed by atoms with Crippen molar-refractivity contribution < 1.29 is 25.2 Å². The number of carbonyl (C=O) groups excluding carboxylic acids is 1. The summed E-state index contributed by atoms with van der Waals surface area (Å²) in [6, 6.07) is 1.27. The van der Waals surface area contributed by atoms with Gasteiger partial charge in [-0.05, 0) is 6.07 Å². The van der Waals surface area contributed by atoms with Crippen LogP contribution in [-0.4, -0.2) is 39.9 Å². The zero-order valence-corrected chi connectivity index (χ0v) is 8.47. The Morgan fingerprint density at radius 2 is 1.88 bits per heavy atom. The zero-order chi connectivity index (χ0) is 12.1. The Morgan fingerprint density at radius 3 is 2.44 bits per heavy atom. The van der Waals surface area contributed by atoms with Gasteiger partial charge < -0.3 is 25.7 Å². The van der Waals surface area contributed by atoms with E-state index in [4.69, 9.17) is 5.11 Å². The molecule has 1 aromatic carbocycles. The third-order valence-electron chi connectivity index (χ3n) is 2.09. The smallest absolute Gasteiger partial charge is 0.201 e. The molecule has 0 saturated carbocycles. The van der Waals surface area contributed by atoms with Crippen LogP contribution in [0.5, 0.6) is 17.2 Å². The maximum absolute atomic E-state index is 10.6. The van der Waals surface area contributed by atoms with Crippen LogP contribution in [0.4, 0.5) is 0 Å². The summed E-state index contributed by atoms with van der Waals surface area (Å²) in [7, 11) is 0. The lowest BCUT2D eigenvalue weighted by molar-refractivity contribution is 0.112. The molecule has 1 rings (SSSR count). The van der Waals surface area contributed by atoms with Crippen LogP contribution in [0.25, 0.3) is 0 Å². The molecule has 6 heteroatoms. The van der Waals surface area contributed by atoms with E-state index in [2.05, 4.69) is 5.32 Å². The quantitative estimate of drug-likeness (QED) is 0.268. The maximum Gasteiger partial charge on any atom is 0.201 e. The first-order chi connectivity index (χ1) is 7.61. The van der Waals surface area contributed by atoms with E-state index in [1.807, 2.05) is 0 Å². The lowest BCUT2D eigenvalue weighted by Gasteiger charge is -2.10. The summed E-state index contributed by atoms with van der Waals surface area (Å²) in [4.78, 5) is 10.6. The van der Waals surface area contributed by atoms with Crippen molar-refractivity contribution >= 4 is 6.29 Å². The molecule has 0 heterocycles. The predicted molar refractivity (Wildman–Crippen MR) is 55.6 cm³/mol. The van der Waals surface area contributed by atoms with E-state index in [-0.39, 0.29) is 24.3 Å². The van der Waals surface area contributed by atoms with Gasteiger partial charge in [-0.1, -0.05) is 0 Å². The number of rotatable bonds is 5. The van der Waals surface area contributed by atoms with E-state index in [1.165, 1.54) is 6.07 Å². The highest BCUT2D eigenvalue weighted by molar-refractivity contribution is 5.82. The van der Waals surface area contributed by atoms with Gasteiger partial charge in [0, 0.05) is 18.7 Å². The molecule has 0 bridgehead atoms. The first-order valence-corrected chi connectivity index (χ1v) is 4.65. The van der Waals surface area contributed by atoms with Crippen LogP contribution in [0.2, 0.25) is 0 Å². The standard InChI is InChI=1S/C10H13NO5/c12-2-1-11-4-6-3-7(5-13)9(15)10(16)8(6)14/h3,5,11-12,14-16H,1-2,4H2. The SMILES string of the molecule is O=Cc1cc(CNCCO)c(O)c(O)c1O. The van der Waals surface area contributed by atoms with Gasteiger partial charge in [0.25, 0.3) is 0 Å². The van der Waals surface area contributed by atoms with Crippen LogP contribution in [0.3, 0.4) is 0 Å². The van der Waals surface area contributed by atoms with Crippen LogP contribution < -0.4 is 5.32 Å². The minimum absolute atomic E-state index is 0.0641. The second kappa shape index (κ2) is 5.34. The monoisotopic (exact) mass is 227 g/mol. The zero-order valence-electron chi connectivity index (χ0n) is 8.47.